The van der Waals surface area contributed by atoms with E-state index in [9.17, 15) is 34.8 Å². The van der Waals surface area contributed by atoms with Gasteiger partial charge in [-0.3, -0.25) is 9.59 Å². The SMILES string of the molecule is CCOC(=O)COC(=O)[C@]12CCC(C)(C)CC1C1=CCC3[C@@]4(C)CC[C@H]([C@H](O)[C@@H]5OC(OC=O)[C@@H](O)[C@H](O)C5O)C(C)(C)C4CC[C@@]3(C)[C@]1(C)CC2. The first-order valence-electron chi connectivity index (χ1n) is 19.7. The van der Waals surface area contributed by atoms with Crippen molar-refractivity contribution in [3.8, 4) is 0 Å². The third-order valence-electron chi connectivity index (χ3n) is 16.3. The molecule has 6 aliphatic rings. The average molecular weight is 733 g/mol. The highest BCUT2D eigenvalue weighted by atomic mass is 16.7. The van der Waals surface area contributed by atoms with Gasteiger partial charge in [-0.25, -0.2) is 4.79 Å². The van der Waals surface area contributed by atoms with E-state index in [0.29, 0.717) is 12.3 Å². The minimum absolute atomic E-state index is 0.0330. The van der Waals surface area contributed by atoms with Gasteiger partial charge in [0.2, 0.25) is 6.29 Å². The van der Waals surface area contributed by atoms with Crippen LogP contribution in [-0.4, -0.2) is 88.9 Å². The predicted molar refractivity (Wildman–Crippen MR) is 190 cm³/mol. The Morgan fingerprint density at radius 1 is 0.904 bits per heavy atom. The van der Waals surface area contributed by atoms with E-state index in [-0.39, 0.29) is 70.5 Å². The molecule has 294 valence electrons. The van der Waals surface area contributed by atoms with Crippen molar-refractivity contribution in [3.63, 3.8) is 0 Å². The van der Waals surface area contributed by atoms with E-state index >= 15 is 0 Å². The number of ether oxygens (including phenoxy) is 4. The monoisotopic (exact) mass is 732 g/mol. The number of aliphatic hydroxyl groups is 4. The van der Waals surface area contributed by atoms with E-state index in [1.807, 2.05) is 0 Å². The summed E-state index contributed by atoms with van der Waals surface area (Å²) in [5.74, 6) is -0.402. The standard InChI is InChI=1S/C41H64O11/c1-9-49-28(43)21-50-35(48)41-18-16-36(2,3)20-25(41)23-10-11-27-38(6)14-12-24(29(44)33-31(46)30(45)32(47)34(52-33)51-22-42)37(4,5)26(38)13-15-40(27,8)39(23,7)17-19-41/h10,22,24-27,29-34,44-47H,9,11-21H2,1-8H3/t24-,25?,26?,27?,29+,30-,31?,32+,33+,34?,38+,39-,40-,41+/m1/s1. The summed E-state index contributed by atoms with van der Waals surface area (Å²) in [6.45, 7) is 18.2. The molecule has 0 radical (unpaired) electrons. The summed E-state index contributed by atoms with van der Waals surface area (Å²) in [5.41, 5.74) is 0.234. The van der Waals surface area contributed by atoms with Crippen LogP contribution in [-0.2, 0) is 33.3 Å². The highest BCUT2D eigenvalue weighted by Gasteiger charge is 2.70. The molecule has 1 saturated heterocycles. The molecule has 0 aromatic heterocycles. The van der Waals surface area contributed by atoms with E-state index in [1.165, 1.54) is 5.57 Å². The summed E-state index contributed by atoms with van der Waals surface area (Å²) < 4.78 is 21.4. The van der Waals surface area contributed by atoms with Crippen LogP contribution in [0.25, 0.3) is 0 Å². The molecule has 1 aliphatic heterocycles. The molecular weight excluding hydrogens is 668 g/mol. The lowest BCUT2D eigenvalue weighted by molar-refractivity contribution is -0.308. The summed E-state index contributed by atoms with van der Waals surface area (Å²) in [4.78, 5) is 37.4. The lowest BCUT2D eigenvalue weighted by atomic mass is 9.33. The molecule has 0 amide bonds. The molecule has 4 N–H and O–H groups in total. The molecule has 6 rings (SSSR count). The van der Waals surface area contributed by atoms with Crippen LogP contribution in [0.4, 0.5) is 0 Å². The van der Waals surface area contributed by atoms with Crippen molar-refractivity contribution in [2.45, 2.75) is 156 Å². The summed E-state index contributed by atoms with van der Waals surface area (Å²) >= 11 is 0. The molecule has 4 saturated carbocycles. The van der Waals surface area contributed by atoms with E-state index in [0.717, 1.165) is 57.8 Å². The molecule has 5 unspecified atom stereocenters. The van der Waals surface area contributed by atoms with Gasteiger partial charge in [0.1, 0.15) is 24.4 Å². The molecule has 52 heavy (non-hydrogen) atoms. The first kappa shape index (κ1) is 39.6. The van der Waals surface area contributed by atoms with Gasteiger partial charge in [0.25, 0.3) is 6.47 Å². The minimum Gasteiger partial charge on any atom is -0.463 e. The molecule has 0 bridgehead atoms. The predicted octanol–water partition coefficient (Wildman–Crippen LogP) is 4.85. The number of carbonyl (C=O) groups excluding carboxylic acids is 3. The van der Waals surface area contributed by atoms with Crippen LogP contribution in [0.1, 0.15) is 120 Å². The van der Waals surface area contributed by atoms with Gasteiger partial charge in [0.15, 0.2) is 6.61 Å². The lowest BCUT2D eigenvalue weighted by Crippen LogP contribution is -2.67. The van der Waals surface area contributed by atoms with Crippen molar-refractivity contribution in [3.05, 3.63) is 11.6 Å². The maximum absolute atomic E-state index is 14.1. The van der Waals surface area contributed by atoms with Crippen molar-refractivity contribution >= 4 is 18.4 Å². The van der Waals surface area contributed by atoms with Crippen LogP contribution >= 0.6 is 0 Å². The zero-order valence-corrected chi connectivity index (χ0v) is 32.6. The molecule has 0 spiro atoms. The summed E-state index contributed by atoms with van der Waals surface area (Å²) in [5, 5.41) is 43.7. The molecule has 5 aliphatic carbocycles. The largest absolute Gasteiger partial charge is 0.463 e. The van der Waals surface area contributed by atoms with Gasteiger partial charge in [-0.2, -0.15) is 0 Å². The van der Waals surface area contributed by atoms with Gasteiger partial charge in [-0.15, -0.1) is 0 Å². The number of carbonyl (C=O) groups is 3. The Kier molecular flexibility index (Phi) is 10.4. The molecule has 1 heterocycles. The number of aliphatic hydroxyl groups excluding tert-OH is 4. The zero-order valence-electron chi connectivity index (χ0n) is 32.6. The second-order valence-corrected chi connectivity index (χ2v) is 19.4. The topological polar surface area (TPSA) is 169 Å². The van der Waals surface area contributed by atoms with Crippen molar-refractivity contribution in [2.24, 2.45) is 56.2 Å². The van der Waals surface area contributed by atoms with Crippen LogP contribution in [0.15, 0.2) is 11.6 Å². The number of esters is 2. The Morgan fingerprint density at radius 3 is 2.27 bits per heavy atom. The van der Waals surface area contributed by atoms with Gasteiger partial charge in [-0.05, 0) is 122 Å². The maximum atomic E-state index is 14.1. The second-order valence-electron chi connectivity index (χ2n) is 19.4. The highest BCUT2D eigenvalue weighted by Crippen LogP contribution is 2.76. The molecular formula is C41H64O11. The number of fused-ring (bicyclic) bond motifs is 7. The van der Waals surface area contributed by atoms with Crippen LogP contribution in [0.5, 0.6) is 0 Å². The molecule has 11 heteroatoms. The number of hydrogen-bond acceptors (Lipinski definition) is 11. The first-order valence-corrected chi connectivity index (χ1v) is 19.7. The van der Waals surface area contributed by atoms with E-state index in [4.69, 9.17) is 18.9 Å². The first-order chi connectivity index (χ1) is 24.2. The van der Waals surface area contributed by atoms with Crippen molar-refractivity contribution in [1.29, 1.82) is 0 Å². The second kappa shape index (κ2) is 13.6. The normalized spacial score (nSPS) is 46.8. The number of allylic oxidation sites excluding steroid dienone is 2. The van der Waals surface area contributed by atoms with E-state index < -0.39 is 48.2 Å². The van der Waals surface area contributed by atoms with E-state index in [1.54, 1.807) is 6.92 Å². The fraction of sp³-hybridized carbons (Fsp3) is 0.878. The average Bonchev–Trinajstić information content (AvgIpc) is 3.07. The summed E-state index contributed by atoms with van der Waals surface area (Å²) in [6, 6.07) is 0. The third kappa shape index (κ3) is 5.89. The highest BCUT2D eigenvalue weighted by molar-refractivity contribution is 5.81. The molecule has 11 nitrogen and oxygen atoms in total. The van der Waals surface area contributed by atoms with Crippen molar-refractivity contribution < 1.29 is 53.8 Å². The van der Waals surface area contributed by atoms with E-state index in [2.05, 4.69) is 54.5 Å². The quantitative estimate of drug-likeness (QED) is 0.117. The Balaban J connectivity index is 1.28. The zero-order chi connectivity index (χ0) is 38.2. The van der Waals surface area contributed by atoms with Gasteiger partial charge in [0, 0.05) is 0 Å². The Bertz CT molecular complexity index is 1420. The lowest BCUT2D eigenvalue weighted by Gasteiger charge is -2.71. The molecule has 0 aromatic rings. The molecule has 0 aromatic carbocycles. The fourth-order valence-corrected chi connectivity index (χ4v) is 13.3. The third-order valence-corrected chi connectivity index (χ3v) is 16.3. The number of rotatable bonds is 8. The molecule has 14 atom stereocenters. The van der Waals surface area contributed by atoms with Crippen LogP contribution < -0.4 is 0 Å². The summed E-state index contributed by atoms with van der Waals surface area (Å²) in [7, 11) is 0. The van der Waals surface area contributed by atoms with Gasteiger partial charge in [0.05, 0.1) is 18.1 Å². The molecule has 5 fully saturated rings. The minimum atomic E-state index is -1.64. The summed E-state index contributed by atoms with van der Waals surface area (Å²) in [6.07, 6.45) is 2.34. The van der Waals surface area contributed by atoms with Gasteiger partial charge in [-0.1, -0.05) is 60.1 Å². The van der Waals surface area contributed by atoms with Gasteiger partial charge >= 0.3 is 11.9 Å². The smallest absolute Gasteiger partial charge is 0.344 e. The van der Waals surface area contributed by atoms with Crippen molar-refractivity contribution in [1.82, 2.24) is 0 Å². The number of hydrogen-bond donors (Lipinski definition) is 4. The Labute approximate surface area is 309 Å². The fourth-order valence-electron chi connectivity index (χ4n) is 13.3. The Hall–Kier alpha value is -2.05. The van der Waals surface area contributed by atoms with Crippen molar-refractivity contribution in [2.75, 3.05) is 13.2 Å². The van der Waals surface area contributed by atoms with Gasteiger partial charge < -0.3 is 39.4 Å². The maximum Gasteiger partial charge on any atom is 0.344 e. The van der Waals surface area contributed by atoms with Crippen LogP contribution in [0.3, 0.4) is 0 Å². The Morgan fingerprint density at radius 2 is 1.60 bits per heavy atom. The van der Waals surface area contributed by atoms with Crippen LogP contribution in [0.2, 0.25) is 0 Å². The van der Waals surface area contributed by atoms with Crippen LogP contribution in [0, 0.1) is 56.2 Å².